The molecule has 1 saturated heterocycles. The van der Waals surface area contributed by atoms with E-state index in [4.69, 9.17) is 5.73 Å². The maximum Gasteiger partial charge on any atom is 0.277 e. The van der Waals surface area contributed by atoms with Gasteiger partial charge in [0.1, 0.15) is 11.6 Å². The van der Waals surface area contributed by atoms with Crippen LogP contribution in [0.3, 0.4) is 0 Å². The second-order valence-corrected chi connectivity index (χ2v) is 6.21. The van der Waals surface area contributed by atoms with Crippen LogP contribution in [0.25, 0.3) is 0 Å². The van der Waals surface area contributed by atoms with Gasteiger partial charge in [-0.1, -0.05) is 0 Å². The van der Waals surface area contributed by atoms with Gasteiger partial charge in [-0.2, -0.15) is 5.26 Å². The Hall–Kier alpha value is -3.34. The number of hydrogen-bond donors (Lipinski definition) is 2. The van der Waals surface area contributed by atoms with Crippen molar-refractivity contribution in [2.75, 3.05) is 30.3 Å². The molecule has 8 nitrogen and oxygen atoms in total. The number of nitrogen functional groups attached to an aromatic ring is 1. The maximum absolute atomic E-state index is 12.6. The fourth-order valence-electron chi connectivity index (χ4n) is 2.81. The number of rotatable bonds is 7. The van der Waals surface area contributed by atoms with Crippen molar-refractivity contribution in [3.8, 4) is 6.07 Å². The normalized spacial score (nSPS) is 14.0. The van der Waals surface area contributed by atoms with Crippen LogP contribution in [0.4, 0.5) is 11.4 Å². The van der Waals surface area contributed by atoms with Crippen molar-refractivity contribution in [3.63, 3.8) is 0 Å². The highest BCUT2D eigenvalue weighted by Gasteiger charge is 2.24. The van der Waals surface area contributed by atoms with E-state index in [1.54, 1.807) is 29.2 Å². The molecule has 8 heteroatoms. The average Bonchev–Trinajstić information content (AvgIpc) is 3.04. The molecule has 0 spiro atoms. The van der Waals surface area contributed by atoms with E-state index in [2.05, 4.69) is 5.32 Å². The molecule has 1 aromatic rings. The van der Waals surface area contributed by atoms with Gasteiger partial charge in [-0.05, 0) is 37.1 Å². The van der Waals surface area contributed by atoms with Crippen LogP contribution < -0.4 is 16.0 Å². The number of carbonyl (C=O) groups excluding carboxylic acids is 3. The lowest BCUT2D eigenvalue weighted by molar-refractivity contribution is -0.128. The first-order valence-corrected chi connectivity index (χ1v) is 8.76. The molecule has 0 bridgehead atoms. The Balaban J connectivity index is 1.96. The van der Waals surface area contributed by atoms with Crippen molar-refractivity contribution < 1.29 is 14.4 Å². The van der Waals surface area contributed by atoms with E-state index in [1.165, 1.54) is 13.1 Å². The van der Waals surface area contributed by atoms with Crippen molar-refractivity contribution in [2.24, 2.45) is 0 Å². The molecule has 2 rings (SSSR count). The maximum atomic E-state index is 12.6. The Kier molecular flexibility index (Phi) is 6.94. The standard InChI is InChI=1S/C19H23N5O3/c1-14(25)24(17-7-5-16(21)6-8-17)19(27)15(12-20)13-22-9-3-11-23-10-2-4-18(23)26/h5-8,13,22H,2-4,9-11,21H2,1H3/b15-13-. The Labute approximate surface area is 158 Å². The molecular formula is C19H23N5O3. The number of nitriles is 1. The minimum atomic E-state index is -0.711. The zero-order valence-electron chi connectivity index (χ0n) is 15.3. The van der Waals surface area contributed by atoms with Gasteiger partial charge in [-0.15, -0.1) is 0 Å². The van der Waals surface area contributed by atoms with Crippen molar-refractivity contribution in [1.82, 2.24) is 10.2 Å². The molecule has 0 unspecified atom stereocenters. The largest absolute Gasteiger partial charge is 0.399 e. The summed E-state index contributed by atoms with van der Waals surface area (Å²) >= 11 is 0. The number of carbonyl (C=O) groups is 3. The summed E-state index contributed by atoms with van der Waals surface area (Å²) in [7, 11) is 0. The van der Waals surface area contributed by atoms with Crippen LogP contribution in [0.1, 0.15) is 26.2 Å². The summed E-state index contributed by atoms with van der Waals surface area (Å²) < 4.78 is 0. The molecule has 0 aliphatic carbocycles. The highest BCUT2D eigenvalue weighted by molar-refractivity contribution is 6.21. The zero-order valence-corrected chi connectivity index (χ0v) is 15.3. The number of nitrogens with one attached hydrogen (secondary N) is 1. The van der Waals surface area contributed by atoms with Crippen LogP contribution in [0, 0.1) is 11.3 Å². The van der Waals surface area contributed by atoms with Gasteiger partial charge in [-0.25, -0.2) is 4.90 Å². The Morgan fingerprint density at radius 2 is 2.07 bits per heavy atom. The average molecular weight is 369 g/mol. The van der Waals surface area contributed by atoms with Gasteiger partial charge in [-0.3, -0.25) is 14.4 Å². The first-order valence-electron chi connectivity index (χ1n) is 8.76. The third-order valence-corrected chi connectivity index (χ3v) is 4.19. The first-order chi connectivity index (χ1) is 12.9. The van der Waals surface area contributed by atoms with Gasteiger partial charge in [0.2, 0.25) is 11.8 Å². The molecule has 0 radical (unpaired) electrons. The van der Waals surface area contributed by atoms with E-state index < -0.39 is 11.8 Å². The highest BCUT2D eigenvalue weighted by Crippen LogP contribution is 2.18. The summed E-state index contributed by atoms with van der Waals surface area (Å²) in [6.07, 6.45) is 3.50. The summed E-state index contributed by atoms with van der Waals surface area (Å²) in [5.41, 5.74) is 6.29. The number of anilines is 2. The lowest BCUT2D eigenvalue weighted by Crippen LogP contribution is -2.36. The van der Waals surface area contributed by atoms with Gasteiger partial charge >= 0.3 is 0 Å². The van der Waals surface area contributed by atoms with Gasteiger partial charge in [0.25, 0.3) is 5.91 Å². The van der Waals surface area contributed by atoms with Crippen molar-refractivity contribution in [3.05, 3.63) is 36.0 Å². The van der Waals surface area contributed by atoms with Crippen molar-refractivity contribution in [1.29, 1.82) is 5.26 Å². The van der Waals surface area contributed by atoms with Gasteiger partial charge in [0, 0.05) is 44.9 Å². The molecule has 27 heavy (non-hydrogen) atoms. The summed E-state index contributed by atoms with van der Waals surface area (Å²) in [6.45, 7) is 3.18. The van der Waals surface area contributed by atoms with E-state index in [-0.39, 0.29) is 11.5 Å². The number of hydrogen-bond acceptors (Lipinski definition) is 6. The van der Waals surface area contributed by atoms with Crippen LogP contribution in [0.2, 0.25) is 0 Å². The van der Waals surface area contributed by atoms with Crippen molar-refractivity contribution in [2.45, 2.75) is 26.2 Å². The molecule has 0 saturated carbocycles. The molecule has 0 atom stereocenters. The van der Waals surface area contributed by atoms with E-state index >= 15 is 0 Å². The van der Waals surface area contributed by atoms with Crippen LogP contribution in [-0.4, -0.2) is 42.3 Å². The van der Waals surface area contributed by atoms with Crippen LogP contribution in [0.5, 0.6) is 0 Å². The number of benzene rings is 1. The smallest absolute Gasteiger partial charge is 0.277 e. The lowest BCUT2D eigenvalue weighted by atomic mass is 10.2. The molecular weight excluding hydrogens is 346 g/mol. The molecule has 142 valence electrons. The molecule has 3 N–H and O–H groups in total. The monoisotopic (exact) mass is 369 g/mol. The molecule has 1 aliphatic rings. The second kappa shape index (κ2) is 9.38. The second-order valence-electron chi connectivity index (χ2n) is 6.21. The van der Waals surface area contributed by atoms with E-state index in [0.29, 0.717) is 37.3 Å². The van der Waals surface area contributed by atoms with Crippen LogP contribution in [-0.2, 0) is 14.4 Å². The van der Waals surface area contributed by atoms with Gasteiger partial charge < -0.3 is 16.0 Å². The molecule has 3 amide bonds. The van der Waals surface area contributed by atoms with E-state index in [9.17, 15) is 19.6 Å². The SMILES string of the molecule is CC(=O)N(C(=O)/C(C#N)=C\NCCCN1CCCC1=O)c1ccc(N)cc1. The van der Waals surface area contributed by atoms with Crippen molar-refractivity contribution >= 4 is 29.1 Å². The minimum absolute atomic E-state index is 0.166. The Morgan fingerprint density at radius 3 is 2.63 bits per heavy atom. The lowest BCUT2D eigenvalue weighted by Gasteiger charge is -2.19. The predicted molar refractivity (Wildman–Crippen MR) is 101 cm³/mol. The molecule has 1 heterocycles. The number of nitrogens with zero attached hydrogens (tertiary/aromatic N) is 3. The summed E-state index contributed by atoms with van der Waals surface area (Å²) in [5, 5.41) is 12.2. The molecule has 1 aliphatic heterocycles. The Bertz CT molecular complexity index is 780. The van der Waals surface area contributed by atoms with E-state index in [0.717, 1.165) is 17.9 Å². The number of nitrogens with two attached hydrogens (primary N) is 1. The fraction of sp³-hybridized carbons (Fsp3) is 0.368. The molecule has 1 fully saturated rings. The number of likely N-dealkylation sites (tertiary alicyclic amines) is 1. The van der Waals surface area contributed by atoms with Gasteiger partial charge in [0.05, 0.1) is 5.69 Å². The molecule has 1 aromatic carbocycles. The zero-order chi connectivity index (χ0) is 19.8. The van der Waals surface area contributed by atoms with E-state index in [1.807, 2.05) is 6.07 Å². The number of imide groups is 1. The third kappa shape index (κ3) is 5.31. The summed E-state index contributed by atoms with van der Waals surface area (Å²) in [5.74, 6) is -1.05. The Morgan fingerprint density at radius 1 is 1.37 bits per heavy atom. The highest BCUT2D eigenvalue weighted by atomic mass is 16.2. The first kappa shape index (κ1) is 20.0. The predicted octanol–water partition coefficient (Wildman–Crippen LogP) is 1.16. The molecule has 0 aromatic heterocycles. The summed E-state index contributed by atoms with van der Waals surface area (Å²) in [4.78, 5) is 38.8. The number of amides is 3. The van der Waals surface area contributed by atoms with Crippen LogP contribution in [0.15, 0.2) is 36.0 Å². The third-order valence-electron chi connectivity index (χ3n) is 4.19. The van der Waals surface area contributed by atoms with Gasteiger partial charge in [0.15, 0.2) is 0 Å². The quantitative estimate of drug-likeness (QED) is 0.322. The topological polar surface area (TPSA) is 120 Å². The van der Waals surface area contributed by atoms with Crippen LogP contribution >= 0.6 is 0 Å². The fourth-order valence-corrected chi connectivity index (χ4v) is 2.81. The summed E-state index contributed by atoms with van der Waals surface area (Å²) in [6, 6.07) is 8.07. The minimum Gasteiger partial charge on any atom is -0.399 e.